The Morgan fingerprint density at radius 1 is 1.41 bits per heavy atom. The highest BCUT2D eigenvalue weighted by Gasteiger charge is 2.22. The van der Waals surface area contributed by atoms with Gasteiger partial charge in [-0.25, -0.2) is 19.4 Å². The van der Waals surface area contributed by atoms with Crippen LogP contribution in [0.5, 0.6) is 0 Å². The van der Waals surface area contributed by atoms with E-state index in [1.807, 2.05) is 0 Å². The maximum absolute atomic E-state index is 13.4. The fourth-order valence-corrected chi connectivity index (χ4v) is 3.41. The van der Waals surface area contributed by atoms with Gasteiger partial charge in [0.05, 0.1) is 16.2 Å². The molecule has 3 aromatic rings. The molecule has 0 unspecified atom stereocenters. The van der Waals surface area contributed by atoms with Crippen molar-refractivity contribution in [3.8, 4) is 0 Å². The summed E-state index contributed by atoms with van der Waals surface area (Å²) in [6.45, 7) is 2.02. The molecule has 0 amide bonds. The molecule has 0 saturated heterocycles. The van der Waals surface area contributed by atoms with Gasteiger partial charge >= 0.3 is 0 Å². The highest BCUT2D eigenvalue weighted by Crippen LogP contribution is 2.29. The molecule has 1 aliphatic carbocycles. The smallest absolute Gasteiger partial charge is 0.178 e. The molecule has 2 heterocycles. The third-order valence-electron chi connectivity index (χ3n) is 4.94. The van der Waals surface area contributed by atoms with E-state index in [9.17, 15) is 9.60 Å². The molecule has 152 valence electrons. The number of rotatable bonds is 7. The molecule has 0 spiro atoms. The SMILES string of the molecule is CN(CCc1nc2nccc(C(=Nc3ccc(F)c(Cl)c3)NO)c2[nH]1)CC1CC1. The highest BCUT2D eigenvalue weighted by molar-refractivity contribution is 6.31. The van der Waals surface area contributed by atoms with Crippen molar-refractivity contribution in [1.82, 2.24) is 25.3 Å². The maximum atomic E-state index is 13.4. The molecular formula is C20H22ClFN6O. The zero-order valence-electron chi connectivity index (χ0n) is 16.0. The van der Waals surface area contributed by atoms with E-state index in [-0.39, 0.29) is 10.9 Å². The molecule has 0 aliphatic heterocycles. The summed E-state index contributed by atoms with van der Waals surface area (Å²) in [6, 6.07) is 5.81. The van der Waals surface area contributed by atoms with Crippen molar-refractivity contribution in [2.75, 3.05) is 20.1 Å². The molecule has 9 heteroatoms. The van der Waals surface area contributed by atoms with Crippen molar-refractivity contribution in [2.24, 2.45) is 10.9 Å². The van der Waals surface area contributed by atoms with E-state index in [4.69, 9.17) is 11.6 Å². The molecule has 29 heavy (non-hydrogen) atoms. The Morgan fingerprint density at radius 2 is 2.24 bits per heavy atom. The van der Waals surface area contributed by atoms with Gasteiger partial charge in [-0.15, -0.1) is 0 Å². The number of nitrogens with one attached hydrogen (secondary N) is 2. The standard InChI is InChI=1S/C20H22ClFN6O/c1-28(11-12-2-3-12)9-7-17-25-18-14(6-8-23-20(18)26-17)19(27-29)24-13-4-5-16(22)15(21)10-13/h4-6,8,10,12,29H,2-3,7,9,11H2,1H3,(H,24,27)(H,23,25,26). The molecule has 0 radical (unpaired) electrons. The van der Waals surface area contributed by atoms with Crippen LogP contribution in [0.15, 0.2) is 35.5 Å². The summed E-state index contributed by atoms with van der Waals surface area (Å²) in [5.41, 5.74) is 4.32. The number of hydrogen-bond donors (Lipinski definition) is 3. The fourth-order valence-electron chi connectivity index (χ4n) is 3.23. The number of aliphatic imine (C=N–C) groups is 1. The van der Waals surface area contributed by atoms with Gasteiger partial charge in [0.15, 0.2) is 11.5 Å². The van der Waals surface area contributed by atoms with Crippen LogP contribution in [0.2, 0.25) is 5.02 Å². The predicted octanol–water partition coefficient (Wildman–Crippen LogP) is 3.69. The van der Waals surface area contributed by atoms with E-state index < -0.39 is 5.82 Å². The molecule has 4 rings (SSSR count). The second kappa shape index (κ2) is 8.44. The van der Waals surface area contributed by atoms with Gasteiger partial charge in [-0.3, -0.25) is 10.7 Å². The molecule has 1 aliphatic rings. The number of aromatic amines is 1. The number of aromatic nitrogens is 3. The number of likely N-dealkylation sites (N-methyl/N-ethyl adjacent to an activating group) is 1. The fraction of sp³-hybridized carbons (Fsp3) is 0.350. The molecule has 2 aromatic heterocycles. The second-order valence-electron chi connectivity index (χ2n) is 7.37. The number of pyridine rings is 1. The number of H-pyrrole nitrogens is 1. The summed E-state index contributed by atoms with van der Waals surface area (Å²) in [4.78, 5) is 18.8. The number of hydroxylamine groups is 1. The average Bonchev–Trinajstić information content (AvgIpc) is 3.42. The summed E-state index contributed by atoms with van der Waals surface area (Å²) >= 11 is 5.82. The Bertz CT molecular complexity index is 1050. The largest absolute Gasteiger partial charge is 0.340 e. The molecule has 7 nitrogen and oxygen atoms in total. The Hall–Kier alpha value is -2.55. The first-order valence-electron chi connectivity index (χ1n) is 9.50. The summed E-state index contributed by atoms with van der Waals surface area (Å²) in [6.07, 6.45) is 5.03. The Labute approximate surface area is 172 Å². The van der Waals surface area contributed by atoms with Gasteiger partial charge in [-0.1, -0.05) is 11.6 Å². The summed E-state index contributed by atoms with van der Waals surface area (Å²) in [7, 11) is 2.12. The van der Waals surface area contributed by atoms with Gasteiger partial charge < -0.3 is 9.88 Å². The van der Waals surface area contributed by atoms with Crippen molar-refractivity contribution < 1.29 is 9.60 Å². The quantitative estimate of drug-likeness (QED) is 0.310. The minimum absolute atomic E-state index is 0.0393. The number of imidazole rings is 1. The summed E-state index contributed by atoms with van der Waals surface area (Å²) in [5.74, 6) is 1.32. The van der Waals surface area contributed by atoms with Crippen molar-refractivity contribution in [3.63, 3.8) is 0 Å². The molecule has 1 saturated carbocycles. The summed E-state index contributed by atoms with van der Waals surface area (Å²) < 4.78 is 13.4. The topological polar surface area (TPSA) is 89.4 Å². The minimum atomic E-state index is -0.528. The van der Waals surface area contributed by atoms with Gasteiger partial charge in [-0.2, -0.15) is 0 Å². The first-order valence-corrected chi connectivity index (χ1v) is 9.87. The normalized spacial score (nSPS) is 14.7. The van der Waals surface area contributed by atoms with Crippen molar-refractivity contribution in [2.45, 2.75) is 19.3 Å². The third-order valence-corrected chi connectivity index (χ3v) is 5.23. The highest BCUT2D eigenvalue weighted by atomic mass is 35.5. The summed E-state index contributed by atoms with van der Waals surface area (Å²) in [5, 5.41) is 9.61. The van der Waals surface area contributed by atoms with Crippen LogP contribution in [0.1, 0.15) is 24.2 Å². The molecule has 3 N–H and O–H groups in total. The number of halogens is 2. The van der Waals surface area contributed by atoms with Crippen LogP contribution in [0.4, 0.5) is 10.1 Å². The lowest BCUT2D eigenvalue weighted by Gasteiger charge is -2.14. The van der Waals surface area contributed by atoms with Crippen LogP contribution in [0.25, 0.3) is 11.2 Å². The molecular weight excluding hydrogens is 395 g/mol. The van der Waals surface area contributed by atoms with Crippen LogP contribution < -0.4 is 5.48 Å². The van der Waals surface area contributed by atoms with E-state index in [1.165, 1.54) is 31.0 Å². The van der Waals surface area contributed by atoms with Crippen molar-refractivity contribution in [1.29, 1.82) is 0 Å². The number of benzene rings is 1. The van der Waals surface area contributed by atoms with E-state index in [0.717, 1.165) is 31.3 Å². The average molecular weight is 417 g/mol. The lowest BCUT2D eigenvalue weighted by atomic mass is 10.2. The van der Waals surface area contributed by atoms with E-state index in [1.54, 1.807) is 12.3 Å². The Morgan fingerprint density at radius 3 is 2.97 bits per heavy atom. The zero-order chi connectivity index (χ0) is 20.4. The van der Waals surface area contributed by atoms with Gasteiger partial charge in [0.2, 0.25) is 0 Å². The molecule has 1 fully saturated rings. The van der Waals surface area contributed by atoms with Crippen molar-refractivity contribution in [3.05, 3.63) is 52.7 Å². The Kier molecular flexibility index (Phi) is 5.75. The van der Waals surface area contributed by atoms with E-state index in [2.05, 4.69) is 37.4 Å². The first-order chi connectivity index (χ1) is 14.0. The van der Waals surface area contributed by atoms with E-state index in [0.29, 0.717) is 22.4 Å². The van der Waals surface area contributed by atoms with Gasteiger partial charge in [0.1, 0.15) is 11.6 Å². The van der Waals surface area contributed by atoms with Crippen LogP contribution in [0.3, 0.4) is 0 Å². The zero-order valence-corrected chi connectivity index (χ0v) is 16.7. The minimum Gasteiger partial charge on any atom is -0.340 e. The van der Waals surface area contributed by atoms with Crippen LogP contribution in [0, 0.1) is 11.7 Å². The van der Waals surface area contributed by atoms with Crippen LogP contribution in [-0.2, 0) is 6.42 Å². The van der Waals surface area contributed by atoms with Crippen molar-refractivity contribution >= 4 is 34.3 Å². The lowest BCUT2D eigenvalue weighted by Crippen LogP contribution is -2.23. The monoisotopic (exact) mass is 416 g/mol. The molecule has 0 atom stereocenters. The van der Waals surface area contributed by atoms with Gasteiger partial charge in [0, 0.05) is 31.3 Å². The lowest BCUT2D eigenvalue weighted by molar-refractivity contribution is 0.235. The third kappa shape index (κ3) is 4.72. The number of hydrogen-bond acceptors (Lipinski definition) is 5. The maximum Gasteiger partial charge on any atom is 0.178 e. The number of amidine groups is 1. The Balaban J connectivity index is 1.59. The van der Waals surface area contributed by atoms with E-state index >= 15 is 0 Å². The molecule has 1 aromatic carbocycles. The molecule has 0 bridgehead atoms. The number of nitrogens with zero attached hydrogens (tertiary/aromatic N) is 4. The second-order valence-corrected chi connectivity index (χ2v) is 7.77. The van der Waals surface area contributed by atoms with Crippen LogP contribution in [-0.4, -0.2) is 51.0 Å². The number of fused-ring (bicyclic) bond motifs is 1. The first kappa shape index (κ1) is 19.8. The van der Waals surface area contributed by atoms with Gasteiger partial charge in [0.25, 0.3) is 0 Å². The van der Waals surface area contributed by atoms with Gasteiger partial charge in [-0.05, 0) is 50.1 Å². The predicted molar refractivity (Wildman–Crippen MR) is 110 cm³/mol. The van der Waals surface area contributed by atoms with Crippen LogP contribution >= 0.6 is 11.6 Å².